The Morgan fingerprint density at radius 3 is 2.42 bits per heavy atom. The molecule has 1 fully saturated rings. The summed E-state index contributed by atoms with van der Waals surface area (Å²) in [6.45, 7) is 5.25. The Morgan fingerprint density at radius 1 is 0.884 bits per heavy atom. The molecule has 0 aromatic heterocycles. The molecule has 4 amide bonds. The van der Waals surface area contributed by atoms with Gasteiger partial charge in [0.2, 0.25) is 0 Å². The van der Waals surface area contributed by atoms with Crippen LogP contribution in [-0.4, -0.2) is 31.1 Å². The second-order valence-corrected chi connectivity index (χ2v) is 11.0. The summed E-state index contributed by atoms with van der Waals surface area (Å²) >= 11 is 2.15. The minimum atomic E-state index is -0.812. The van der Waals surface area contributed by atoms with Crippen LogP contribution in [0.25, 0.3) is 16.8 Å². The summed E-state index contributed by atoms with van der Waals surface area (Å²) in [5.41, 5.74) is 1.74. The quantitative estimate of drug-likeness (QED) is 0.0771. The third kappa shape index (κ3) is 6.83. The summed E-state index contributed by atoms with van der Waals surface area (Å²) in [4.78, 5) is 39.9. The average molecular weight is 691 g/mol. The van der Waals surface area contributed by atoms with E-state index in [1.165, 1.54) is 6.08 Å². The Labute approximate surface area is 263 Å². The van der Waals surface area contributed by atoms with Crippen molar-refractivity contribution in [2.75, 3.05) is 18.1 Å². The van der Waals surface area contributed by atoms with Gasteiger partial charge in [-0.1, -0.05) is 55.8 Å². The fourth-order valence-electron chi connectivity index (χ4n) is 4.73. The van der Waals surface area contributed by atoms with Gasteiger partial charge in [0.25, 0.3) is 11.8 Å². The van der Waals surface area contributed by atoms with Gasteiger partial charge in [0.15, 0.2) is 11.5 Å². The van der Waals surface area contributed by atoms with Crippen LogP contribution >= 0.6 is 22.6 Å². The number of halogens is 1. The van der Waals surface area contributed by atoms with Crippen LogP contribution in [0.15, 0.2) is 84.4 Å². The molecule has 0 atom stereocenters. The molecule has 8 nitrogen and oxygen atoms in total. The maximum Gasteiger partial charge on any atom is 0.335 e. The van der Waals surface area contributed by atoms with Crippen LogP contribution in [0.4, 0.5) is 10.5 Å². The van der Waals surface area contributed by atoms with Gasteiger partial charge in [-0.15, -0.1) is 0 Å². The summed E-state index contributed by atoms with van der Waals surface area (Å²) in [5.74, 6) is 0.189. The summed E-state index contributed by atoms with van der Waals surface area (Å²) in [6.07, 6.45) is 3.39. The van der Waals surface area contributed by atoms with Gasteiger partial charge in [0.05, 0.1) is 22.5 Å². The van der Waals surface area contributed by atoms with Gasteiger partial charge < -0.3 is 14.2 Å². The number of hydrogen-bond donors (Lipinski definition) is 1. The van der Waals surface area contributed by atoms with Crippen LogP contribution in [0.2, 0.25) is 0 Å². The molecule has 0 saturated carbocycles. The van der Waals surface area contributed by atoms with Gasteiger partial charge in [0.1, 0.15) is 17.9 Å². The van der Waals surface area contributed by atoms with Gasteiger partial charge in [-0.3, -0.25) is 14.9 Å². The van der Waals surface area contributed by atoms with E-state index in [9.17, 15) is 14.4 Å². The average Bonchev–Trinajstić information content (AvgIpc) is 3.00. The van der Waals surface area contributed by atoms with Crippen molar-refractivity contribution in [2.24, 2.45) is 0 Å². The third-order valence-electron chi connectivity index (χ3n) is 6.86. The van der Waals surface area contributed by atoms with Crippen molar-refractivity contribution in [1.29, 1.82) is 0 Å². The van der Waals surface area contributed by atoms with Gasteiger partial charge in [0, 0.05) is 0 Å². The Morgan fingerprint density at radius 2 is 1.65 bits per heavy atom. The number of rotatable bonds is 11. The zero-order valence-electron chi connectivity index (χ0n) is 23.9. The van der Waals surface area contributed by atoms with E-state index in [0.29, 0.717) is 48.3 Å². The summed E-state index contributed by atoms with van der Waals surface area (Å²) in [6, 6.07) is 23.6. The lowest BCUT2D eigenvalue weighted by atomic mass is 10.1. The number of nitrogens with one attached hydrogen (secondary N) is 1. The van der Waals surface area contributed by atoms with E-state index in [1.54, 1.807) is 36.4 Å². The predicted molar refractivity (Wildman–Crippen MR) is 174 cm³/mol. The lowest BCUT2D eigenvalue weighted by molar-refractivity contribution is -0.122. The molecule has 43 heavy (non-hydrogen) atoms. The number of urea groups is 1. The Kier molecular flexibility index (Phi) is 9.61. The van der Waals surface area contributed by atoms with Crippen molar-refractivity contribution < 1.29 is 28.6 Å². The molecule has 4 aromatic rings. The molecule has 5 rings (SSSR count). The molecule has 0 bridgehead atoms. The molecule has 9 heteroatoms. The number of benzene rings is 4. The van der Waals surface area contributed by atoms with E-state index >= 15 is 0 Å². The highest BCUT2D eigenvalue weighted by Crippen LogP contribution is 2.36. The molecular weight excluding hydrogens is 659 g/mol. The molecule has 0 unspecified atom stereocenters. The molecule has 1 heterocycles. The van der Waals surface area contributed by atoms with E-state index in [1.807, 2.05) is 31.2 Å². The summed E-state index contributed by atoms with van der Waals surface area (Å²) in [7, 11) is 0. The molecule has 0 radical (unpaired) electrons. The van der Waals surface area contributed by atoms with Crippen molar-refractivity contribution in [3.63, 3.8) is 0 Å². The molecule has 4 aromatic carbocycles. The van der Waals surface area contributed by atoms with E-state index in [4.69, 9.17) is 14.2 Å². The van der Waals surface area contributed by atoms with E-state index < -0.39 is 17.8 Å². The second-order valence-electron chi connectivity index (χ2n) is 9.84. The molecule has 220 valence electrons. The maximum atomic E-state index is 13.5. The molecule has 1 N–H and O–H groups in total. The molecule has 0 spiro atoms. The standard InChI is InChI=1S/C34H31IN2O6/c1-3-5-17-42-26-15-13-25(14-16-26)37-33(39)28(32(38)36-34(37)40)18-22-19-29(35)31(30(20-22)41-4-2)43-21-24-11-8-10-23-9-6-7-12-27(23)24/h6-16,18-20H,3-5,17,21H2,1-2H3,(H,36,38,40)/b28-18-. The van der Waals surface area contributed by atoms with Gasteiger partial charge in [-0.2, -0.15) is 0 Å². The first-order chi connectivity index (χ1) is 20.9. The summed E-state index contributed by atoms with van der Waals surface area (Å²) < 4.78 is 18.6. The number of ether oxygens (including phenoxy) is 3. The third-order valence-corrected chi connectivity index (χ3v) is 7.66. The van der Waals surface area contributed by atoms with Crippen molar-refractivity contribution in [3.05, 3.63) is 99.1 Å². The van der Waals surface area contributed by atoms with Crippen LogP contribution in [0.3, 0.4) is 0 Å². The molecule has 1 aliphatic heterocycles. The van der Waals surface area contributed by atoms with Crippen LogP contribution in [0.5, 0.6) is 17.2 Å². The predicted octanol–water partition coefficient (Wildman–Crippen LogP) is 7.27. The van der Waals surface area contributed by atoms with Crippen molar-refractivity contribution >= 4 is 63.0 Å². The SMILES string of the molecule is CCCCOc1ccc(N2C(=O)NC(=O)/C(=C/c3cc(I)c(OCc4cccc5ccccc45)c(OCC)c3)C2=O)cc1. The maximum absolute atomic E-state index is 13.5. The number of carbonyl (C=O) groups is 3. The number of barbiturate groups is 1. The van der Waals surface area contributed by atoms with Crippen LogP contribution < -0.4 is 24.4 Å². The van der Waals surface area contributed by atoms with Crippen molar-refractivity contribution in [3.8, 4) is 17.2 Å². The van der Waals surface area contributed by atoms with Crippen molar-refractivity contribution in [2.45, 2.75) is 33.3 Å². The van der Waals surface area contributed by atoms with Crippen LogP contribution in [0, 0.1) is 3.57 Å². The zero-order chi connectivity index (χ0) is 30.3. The van der Waals surface area contributed by atoms with E-state index in [-0.39, 0.29) is 5.57 Å². The molecule has 0 aliphatic carbocycles. The first kappa shape index (κ1) is 30.1. The monoisotopic (exact) mass is 690 g/mol. The first-order valence-corrected chi connectivity index (χ1v) is 15.2. The first-order valence-electron chi connectivity index (χ1n) is 14.1. The zero-order valence-corrected chi connectivity index (χ0v) is 26.1. The number of unbranched alkanes of at least 4 members (excludes halogenated alkanes) is 1. The van der Waals surface area contributed by atoms with E-state index in [2.05, 4.69) is 53.0 Å². The largest absolute Gasteiger partial charge is 0.494 e. The lowest BCUT2D eigenvalue weighted by Crippen LogP contribution is -2.54. The van der Waals surface area contributed by atoms with Crippen LogP contribution in [0.1, 0.15) is 37.8 Å². The Bertz CT molecular complexity index is 1690. The molecule has 1 aliphatic rings. The smallest absolute Gasteiger partial charge is 0.335 e. The van der Waals surface area contributed by atoms with Crippen LogP contribution in [-0.2, 0) is 16.2 Å². The number of amides is 4. The number of carbonyl (C=O) groups excluding carboxylic acids is 3. The Balaban J connectivity index is 1.40. The van der Waals surface area contributed by atoms with Crippen molar-refractivity contribution in [1.82, 2.24) is 5.32 Å². The number of anilines is 1. The fourth-order valence-corrected chi connectivity index (χ4v) is 5.51. The highest BCUT2D eigenvalue weighted by molar-refractivity contribution is 14.1. The minimum absolute atomic E-state index is 0.175. The van der Waals surface area contributed by atoms with E-state index in [0.717, 1.165) is 37.6 Å². The number of nitrogens with zero attached hydrogens (tertiary/aromatic N) is 1. The number of imide groups is 2. The number of fused-ring (bicyclic) bond motifs is 1. The lowest BCUT2D eigenvalue weighted by Gasteiger charge is -2.26. The highest BCUT2D eigenvalue weighted by atomic mass is 127. The Hall–Kier alpha value is -4.38. The minimum Gasteiger partial charge on any atom is -0.494 e. The second kappa shape index (κ2) is 13.7. The number of hydrogen-bond acceptors (Lipinski definition) is 6. The normalized spacial score (nSPS) is 14.3. The fraction of sp³-hybridized carbons (Fsp3) is 0.206. The molecule has 1 saturated heterocycles. The van der Waals surface area contributed by atoms with Gasteiger partial charge in [-0.25, -0.2) is 9.69 Å². The van der Waals surface area contributed by atoms with Gasteiger partial charge >= 0.3 is 6.03 Å². The van der Waals surface area contributed by atoms with Gasteiger partial charge in [-0.05, 0) is 100 Å². The molecular formula is C34H31IN2O6. The topological polar surface area (TPSA) is 94.2 Å². The highest BCUT2D eigenvalue weighted by Gasteiger charge is 2.37. The summed E-state index contributed by atoms with van der Waals surface area (Å²) in [5, 5.41) is 4.51.